The van der Waals surface area contributed by atoms with Crippen LogP contribution in [0.25, 0.3) is 0 Å². The van der Waals surface area contributed by atoms with Gasteiger partial charge in [-0.05, 0) is 38.8 Å². The lowest BCUT2D eigenvalue weighted by Gasteiger charge is -2.12. The summed E-state index contributed by atoms with van der Waals surface area (Å²) in [6.45, 7) is 5.38. The molecule has 0 unspecified atom stereocenters. The first-order chi connectivity index (χ1) is 8.24. The zero-order chi connectivity index (χ0) is 12.5. The Morgan fingerprint density at radius 2 is 2.00 bits per heavy atom. The van der Waals surface area contributed by atoms with Crippen molar-refractivity contribution in [2.24, 2.45) is 0 Å². The molecule has 0 fully saturated rings. The van der Waals surface area contributed by atoms with Gasteiger partial charge in [-0.3, -0.25) is 4.79 Å². The molecule has 17 heavy (non-hydrogen) atoms. The number of amides is 1. The van der Waals surface area contributed by atoms with Gasteiger partial charge in [-0.1, -0.05) is 30.3 Å². The topological polar surface area (TPSA) is 41.1 Å². The van der Waals surface area contributed by atoms with Gasteiger partial charge in [0.05, 0.1) is 6.04 Å². The summed E-state index contributed by atoms with van der Waals surface area (Å²) in [5, 5.41) is 6.03. The van der Waals surface area contributed by atoms with E-state index < -0.39 is 0 Å². The molecule has 3 heteroatoms. The highest BCUT2D eigenvalue weighted by Gasteiger charge is 2.09. The minimum Gasteiger partial charge on any atom is -0.355 e. The van der Waals surface area contributed by atoms with Gasteiger partial charge in [0, 0.05) is 6.54 Å². The number of likely N-dealkylation sites (N-methyl/N-ethyl adjacent to an activating group) is 1. The van der Waals surface area contributed by atoms with Crippen molar-refractivity contribution in [3.63, 3.8) is 0 Å². The van der Waals surface area contributed by atoms with Crippen LogP contribution < -0.4 is 10.6 Å². The summed E-state index contributed by atoms with van der Waals surface area (Å²) in [6.07, 6.45) is 2.10. The van der Waals surface area contributed by atoms with Gasteiger partial charge in [0.25, 0.3) is 0 Å². The first-order valence-corrected chi connectivity index (χ1v) is 6.29. The zero-order valence-electron chi connectivity index (χ0n) is 10.7. The van der Waals surface area contributed by atoms with E-state index in [1.54, 1.807) is 0 Å². The predicted molar refractivity (Wildman–Crippen MR) is 70.9 cm³/mol. The Morgan fingerprint density at radius 3 is 2.65 bits per heavy atom. The Hall–Kier alpha value is -1.35. The SMILES string of the molecule is CCNC(=O)[C@@H](C)NCCCc1ccccc1. The molecule has 1 atom stereocenters. The molecular formula is C14H22N2O. The lowest BCUT2D eigenvalue weighted by atomic mass is 10.1. The third-order valence-electron chi connectivity index (χ3n) is 2.68. The molecule has 1 amide bonds. The summed E-state index contributed by atoms with van der Waals surface area (Å²) in [7, 11) is 0. The number of benzene rings is 1. The smallest absolute Gasteiger partial charge is 0.236 e. The third-order valence-corrected chi connectivity index (χ3v) is 2.68. The standard InChI is InChI=1S/C14H22N2O/c1-3-15-14(17)12(2)16-11-7-10-13-8-5-4-6-9-13/h4-6,8-9,12,16H,3,7,10-11H2,1-2H3,(H,15,17)/t12-/m1/s1. The number of nitrogens with one attached hydrogen (secondary N) is 2. The van der Waals surface area contributed by atoms with Gasteiger partial charge in [-0.15, -0.1) is 0 Å². The summed E-state index contributed by atoms with van der Waals surface area (Å²) in [6, 6.07) is 10.3. The monoisotopic (exact) mass is 234 g/mol. The molecule has 0 aromatic heterocycles. The maximum Gasteiger partial charge on any atom is 0.236 e. The average molecular weight is 234 g/mol. The average Bonchev–Trinajstić information content (AvgIpc) is 2.36. The molecule has 0 aliphatic heterocycles. The van der Waals surface area contributed by atoms with Crippen LogP contribution in [0.3, 0.4) is 0 Å². The van der Waals surface area contributed by atoms with Crippen molar-refractivity contribution in [1.29, 1.82) is 0 Å². The highest BCUT2D eigenvalue weighted by molar-refractivity contribution is 5.81. The van der Waals surface area contributed by atoms with Gasteiger partial charge in [-0.25, -0.2) is 0 Å². The molecule has 0 radical (unpaired) electrons. The number of carbonyl (C=O) groups excluding carboxylic acids is 1. The Morgan fingerprint density at radius 1 is 1.29 bits per heavy atom. The Labute approximate surface area is 104 Å². The van der Waals surface area contributed by atoms with Gasteiger partial charge < -0.3 is 10.6 Å². The van der Waals surface area contributed by atoms with Crippen molar-refractivity contribution in [1.82, 2.24) is 10.6 Å². The molecule has 94 valence electrons. The maximum absolute atomic E-state index is 11.4. The molecule has 1 aromatic rings. The summed E-state index contributed by atoms with van der Waals surface area (Å²) in [5.74, 6) is 0.0761. The molecule has 0 aliphatic rings. The van der Waals surface area contributed by atoms with Crippen molar-refractivity contribution < 1.29 is 4.79 Å². The first-order valence-electron chi connectivity index (χ1n) is 6.29. The number of hydrogen-bond donors (Lipinski definition) is 2. The van der Waals surface area contributed by atoms with E-state index in [-0.39, 0.29) is 11.9 Å². The quantitative estimate of drug-likeness (QED) is 0.706. The van der Waals surface area contributed by atoms with Gasteiger partial charge in [0.15, 0.2) is 0 Å². The fraction of sp³-hybridized carbons (Fsp3) is 0.500. The van der Waals surface area contributed by atoms with Crippen LogP contribution in [0, 0.1) is 0 Å². The zero-order valence-corrected chi connectivity index (χ0v) is 10.7. The van der Waals surface area contributed by atoms with Gasteiger partial charge in [-0.2, -0.15) is 0 Å². The molecule has 1 aromatic carbocycles. The van der Waals surface area contributed by atoms with Crippen LogP contribution in [-0.4, -0.2) is 25.0 Å². The van der Waals surface area contributed by atoms with Crippen LogP contribution in [0.15, 0.2) is 30.3 Å². The van der Waals surface area contributed by atoms with Gasteiger partial charge in [0.2, 0.25) is 5.91 Å². The molecule has 0 saturated carbocycles. The van der Waals surface area contributed by atoms with Crippen LogP contribution in [0.2, 0.25) is 0 Å². The van der Waals surface area contributed by atoms with Crippen LogP contribution in [0.4, 0.5) is 0 Å². The van der Waals surface area contributed by atoms with Crippen LogP contribution in [0.1, 0.15) is 25.8 Å². The Kier molecular flexibility index (Phi) is 6.33. The number of carbonyl (C=O) groups is 1. The van der Waals surface area contributed by atoms with E-state index in [2.05, 4.69) is 34.9 Å². The van der Waals surface area contributed by atoms with Crippen molar-refractivity contribution in [2.45, 2.75) is 32.7 Å². The third kappa shape index (κ3) is 5.50. The number of hydrogen-bond acceptors (Lipinski definition) is 2. The molecule has 0 aliphatic carbocycles. The van der Waals surface area contributed by atoms with Crippen molar-refractivity contribution >= 4 is 5.91 Å². The van der Waals surface area contributed by atoms with E-state index >= 15 is 0 Å². The fourth-order valence-corrected chi connectivity index (χ4v) is 1.68. The largest absolute Gasteiger partial charge is 0.355 e. The highest BCUT2D eigenvalue weighted by Crippen LogP contribution is 2.01. The lowest BCUT2D eigenvalue weighted by Crippen LogP contribution is -2.42. The van der Waals surface area contributed by atoms with E-state index in [1.807, 2.05) is 19.9 Å². The second kappa shape index (κ2) is 7.85. The summed E-state index contributed by atoms with van der Waals surface area (Å²) >= 11 is 0. The molecule has 2 N–H and O–H groups in total. The predicted octanol–water partition coefficient (Wildman–Crippen LogP) is 1.73. The Bertz CT molecular complexity index is 324. The molecule has 3 nitrogen and oxygen atoms in total. The summed E-state index contributed by atoms with van der Waals surface area (Å²) in [4.78, 5) is 11.4. The lowest BCUT2D eigenvalue weighted by molar-refractivity contribution is -0.122. The van der Waals surface area contributed by atoms with E-state index in [1.165, 1.54) is 5.56 Å². The molecular weight excluding hydrogens is 212 g/mol. The van der Waals surface area contributed by atoms with Crippen LogP contribution in [-0.2, 0) is 11.2 Å². The van der Waals surface area contributed by atoms with E-state index in [0.29, 0.717) is 6.54 Å². The van der Waals surface area contributed by atoms with Crippen molar-refractivity contribution in [2.75, 3.05) is 13.1 Å². The maximum atomic E-state index is 11.4. The molecule has 0 spiro atoms. The van der Waals surface area contributed by atoms with E-state index in [4.69, 9.17) is 0 Å². The Balaban J connectivity index is 2.14. The minimum absolute atomic E-state index is 0.0761. The molecule has 1 rings (SSSR count). The van der Waals surface area contributed by atoms with Crippen LogP contribution >= 0.6 is 0 Å². The second-order valence-electron chi connectivity index (χ2n) is 4.16. The normalized spacial score (nSPS) is 12.1. The summed E-state index contributed by atoms with van der Waals surface area (Å²) in [5.41, 5.74) is 1.35. The molecule has 0 bridgehead atoms. The van der Waals surface area contributed by atoms with Crippen LogP contribution in [0.5, 0.6) is 0 Å². The number of rotatable bonds is 7. The molecule has 0 heterocycles. The molecule has 0 saturated heterocycles. The minimum atomic E-state index is -0.106. The van der Waals surface area contributed by atoms with Gasteiger partial charge >= 0.3 is 0 Å². The second-order valence-corrected chi connectivity index (χ2v) is 4.16. The number of aryl methyl sites for hydroxylation is 1. The van der Waals surface area contributed by atoms with E-state index in [9.17, 15) is 4.79 Å². The van der Waals surface area contributed by atoms with E-state index in [0.717, 1.165) is 19.4 Å². The van der Waals surface area contributed by atoms with Crippen molar-refractivity contribution in [3.8, 4) is 0 Å². The first kappa shape index (κ1) is 13.7. The summed E-state index contributed by atoms with van der Waals surface area (Å²) < 4.78 is 0. The van der Waals surface area contributed by atoms with Gasteiger partial charge in [0.1, 0.15) is 0 Å². The van der Waals surface area contributed by atoms with Crippen molar-refractivity contribution in [3.05, 3.63) is 35.9 Å². The fourth-order valence-electron chi connectivity index (χ4n) is 1.68. The highest BCUT2D eigenvalue weighted by atomic mass is 16.2.